The molecule has 0 radical (unpaired) electrons. The van der Waals surface area contributed by atoms with Gasteiger partial charge in [0.15, 0.2) is 0 Å². The van der Waals surface area contributed by atoms with E-state index in [0.29, 0.717) is 30.8 Å². The quantitative estimate of drug-likeness (QED) is 0.454. The minimum Gasteiger partial charge on any atom is -0.361 e. The van der Waals surface area contributed by atoms with Crippen LogP contribution in [-0.4, -0.2) is 29.1 Å². The normalized spacial score (nSPS) is 17.3. The Hall–Kier alpha value is -2.57. The lowest BCUT2D eigenvalue weighted by molar-refractivity contribution is -0.187. The maximum atomic E-state index is 13.1. The Bertz CT molecular complexity index is 1180. The second kappa shape index (κ2) is 9.35. The Labute approximate surface area is 196 Å². The number of aromatic nitrogens is 1. The number of hydrogen-bond donors (Lipinski definition) is 1. The first kappa shape index (κ1) is 23.6. The standard InChI is InChI=1S/C26H26ClF3N2O/c1-16-23(25(33)24(27)17(2)31-16)21-11-9-20(10-12-21)19-7-5-18(6-8-19)14-32-13-3-4-22(15-32)26(28,29)30/h5-12,22H,3-4,13-15H2,1-2H3,(H,31,33). The Morgan fingerprint density at radius 2 is 1.55 bits per heavy atom. The molecule has 1 unspecified atom stereocenters. The number of aryl methyl sites for hydroxylation is 2. The van der Waals surface area contributed by atoms with Crippen LogP contribution < -0.4 is 5.43 Å². The number of aromatic amines is 1. The zero-order chi connectivity index (χ0) is 23.8. The lowest BCUT2D eigenvalue weighted by Gasteiger charge is -2.33. The van der Waals surface area contributed by atoms with Crippen molar-refractivity contribution in [3.05, 3.63) is 80.7 Å². The van der Waals surface area contributed by atoms with Gasteiger partial charge in [0.2, 0.25) is 5.43 Å². The number of hydrogen-bond acceptors (Lipinski definition) is 2. The smallest absolute Gasteiger partial charge is 0.361 e. The third kappa shape index (κ3) is 5.17. The van der Waals surface area contributed by atoms with Crippen molar-refractivity contribution < 1.29 is 13.2 Å². The van der Waals surface area contributed by atoms with Gasteiger partial charge in [0, 0.05) is 30.0 Å². The third-order valence-corrected chi connectivity index (χ3v) is 6.80. The molecule has 1 aromatic heterocycles. The van der Waals surface area contributed by atoms with E-state index in [1.54, 1.807) is 6.92 Å². The highest BCUT2D eigenvalue weighted by Crippen LogP contribution is 2.34. The first-order chi connectivity index (χ1) is 15.6. The minimum absolute atomic E-state index is 0.0638. The van der Waals surface area contributed by atoms with Gasteiger partial charge in [-0.25, -0.2) is 0 Å². The van der Waals surface area contributed by atoms with Crippen molar-refractivity contribution in [2.24, 2.45) is 5.92 Å². The van der Waals surface area contributed by atoms with Gasteiger partial charge in [-0.3, -0.25) is 9.69 Å². The SMILES string of the molecule is Cc1[nH]c(C)c(-c2ccc(-c3ccc(CN4CCCC(C(F)(F)F)C4)cc3)cc2)c(=O)c1Cl. The van der Waals surface area contributed by atoms with Gasteiger partial charge >= 0.3 is 6.18 Å². The van der Waals surface area contributed by atoms with Gasteiger partial charge in [0.1, 0.15) is 5.02 Å². The number of alkyl halides is 3. The van der Waals surface area contributed by atoms with Crippen LogP contribution in [0.1, 0.15) is 29.8 Å². The van der Waals surface area contributed by atoms with Crippen molar-refractivity contribution in [1.82, 2.24) is 9.88 Å². The van der Waals surface area contributed by atoms with Crippen LogP contribution in [-0.2, 0) is 6.54 Å². The van der Waals surface area contributed by atoms with E-state index in [2.05, 4.69) is 4.98 Å². The van der Waals surface area contributed by atoms with Crippen LogP contribution >= 0.6 is 11.6 Å². The number of benzene rings is 2. The molecule has 1 N–H and O–H groups in total. The fourth-order valence-electron chi connectivity index (χ4n) is 4.55. The van der Waals surface area contributed by atoms with Crippen molar-refractivity contribution in [3.63, 3.8) is 0 Å². The van der Waals surface area contributed by atoms with E-state index in [9.17, 15) is 18.0 Å². The van der Waals surface area contributed by atoms with Crippen LogP contribution in [0.25, 0.3) is 22.3 Å². The molecule has 2 aromatic carbocycles. The third-order valence-electron chi connectivity index (χ3n) is 6.34. The molecule has 1 aliphatic rings. The Balaban J connectivity index is 1.48. The highest BCUT2D eigenvalue weighted by Gasteiger charge is 2.41. The van der Waals surface area contributed by atoms with Crippen LogP contribution in [0.3, 0.4) is 0 Å². The molecule has 0 bridgehead atoms. The molecule has 1 aliphatic heterocycles. The van der Waals surface area contributed by atoms with Crippen LogP contribution in [0.15, 0.2) is 53.3 Å². The van der Waals surface area contributed by atoms with Gasteiger partial charge < -0.3 is 4.98 Å². The Morgan fingerprint density at radius 3 is 2.15 bits per heavy atom. The zero-order valence-corrected chi connectivity index (χ0v) is 19.4. The van der Waals surface area contributed by atoms with Gasteiger partial charge in [-0.2, -0.15) is 13.2 Å². The fourth-order valence-corrected chi connectivity index (χ4v) is 4.69. The topological polar surface area (TPSA) is 36.1 Å². The molecule has 4 rings (SSSR count). The summed E-state index contributed by atoms with van der Waals surface area (Å²) in [6.45, 7) is 4.90. The van der Waals surface area contributed by atoms with E-state index in [1.807, 2.05) is 60.4 Å². The highest BCUT2D eigenvalue weighted by molar-refractivity contribution is 6.31. The molecule has 0 amide bonds. The molecule has 0 aliphatic carbocycles. The summed E-state index contributed by atoms with van der Waals surface area (Å²) in [7, 11) is 0. The van der Waals surface area contributed by atoms with E-state index in [4.69, 9.17) is 11.6 Å². The molecule has 1 atom stereocenters. The molecule has 1 saturated heterocycles. The number of likely N-dealkylation sites (tertiary alicyclic amines) is 1. The number of nitrogens with one attached hydrogen (secondary N) is 1. The van der Waals surface area contributed by atoms with Crippen molar-refractivity contribution in [3.8, 4) is 22.3 Å². The molecule has 174 valence electrons. The number of nitrogens with zero attached hydrogens (tertiary/aromatic N) is 1. The molecule has 2 heterocycles. The van der Waals surface area contributed by atoms with E-state index in [0.717, 1.165) is 27.9 Å². The highest BCUT2D eigenvalue weighted by atomic mass is 35.5. The summed E-state index contributed by atoms with van der Waals surface area (Å²) in [5, 5.41) is 0.200. The molecular weight excluding hydrogens is 449 g/mol. The minimum atomic E-state index is -4.12. The predicted octanol–water partition coefficient (Wildman–Crippen LogP) is 6.75. The zero-order valence-electron chi connectivity index (χ0n) is 18.6. The van der Waals surface area contributed by atoms with E-state index in [-0.39, 0.29) is 23.4 Å². The number of H-pyrrole nitrogens is 1. The monoisotopic (exact) mass is 474 g/mol. The number of pyridine rings is 1. The number of rotatable bonds is 4. The average Bonchev–Trinajstić information content (AvgIpc) is 2.78. The molecule has 33 heavy (non-hydrogen) atoms. The largest absolute Gasteiger partial charge is 0.393 e. The maximum Gasteiger partial charge on any atom is 0.393 e. The summed E-state index contributed by atoms with van der Waals surface area (Å²) in [6, 6.07) is 15.6. The van der Waals surface area contributed by atoms with Crippen LogP contribution in [0, 0.1) is 19.8 Å². The van der Waals surface area contributed by atoms with Crippen molar-refractivity contribution >= 4 is 11.6 Å². The van der Waals surface area contributed by atoms with Crippen LogP contribution in [0.5, 0.6) is 0 Å². The lowest BCUT2D eigenvalue weighted by Crippen LogP contribution is -2.41. The van der Waals surface area contributed by atoms with Crippen molar-refractivity contribution in [1.29, 1.82) is 0 Å². The van der Waals surface area contributed by atoms with Gasteiger partial charge in [-0.1, -0.05) is 60.1 Å². The molecular formula is C26H26ClF3N2O. The second-order valence-corrected chi connectivity index (χ2v) is 9.16. The molecule has 3 aromatic rings. The van der Waals surface area contributed by atoms with Gasteiger partial charge in [0.25, 0.3) is 0 Å². The molecule has 1 fully saturated rings. The average molecular weight is 475 g/mol. The van der Waals surface area contributed by atoms with Crippen LogP contribution in [0.4, 0.5) is 13.2 Å². The summed E-state index contributed by atoms with van der Waals surface area (Å²) < 4.78 is 39.2. The van der Waals surface area contributed by atoms with E-state index >= 15 is 0 Å². The van der Waals surface area contributed by atoms with Gasteiger partial charge in [-0.05, 0) is 55.5 Å². The summed E-state index contributed by atoms with van der Waals surface area (Å²) >= 11 is 6.14. The summed E-state index contributed by atoms with van der Waals surface area (Å²) in [4.78, 5) is 17.7. The first-order valence-corrected chi connectivity index (χ1v) is 11.4. The first-order valence-electron chi connectivity index (χ1n) is 11.0. The summed E-state index contributed by atoms with van der Waals surface area (Å²) in [5.41, 5.74) is 5.58. The molecule has 7 heteroatoms. The van der Waals surface area contributed by atoms with E-state index in [1.165, 1.54) is 0 Å². The van der Waals surface area contributed by atoms with Crippen molar-refractivity contribution in [2.75, 3.05) is 13.1 Å². The molecule has 0 spiro atoms. The van der Waals surface area contributed by atoms with Gasteiger partial charge in [-0.15, -0.1) is 0 Å². The lowest BCUT2D eigenvalue weighted by atomic mass is 9.96. The molecule has 0 saturated carbocycles. The second-order valence-electron chi connectivity index (χ2n) is 8.78. The Kier molecular flexibility index (Phi) is 6.68. The fraction of sp³-hybridized carbons (Fsp3) is 0.346. The van der Waals surface area contributed by atoms with Gasteiger partial charge in [0.05, 0.1) is 5.92 Å². The Morgan fingerprint density at radius 1 is 0.970 bits per heavy atom. The maximum absolute atomic E-state index is 13.1. The summed E-state index contributed by atoms with van der Waals surface area (Å²) in [6.07, 6.45) is -3.33. The van der Waals surface area contributed by atoms with Crippen molar-refractivity contribution in [2.45, 2.75) is 39.4 Å². The van der Waals surface area contributed by atoms with Crippen LogP contribution in [0.2, 0.25) is 5.02 Å². The molecule has 3 nitrogen and oxygen atoms in total. The predicted molar refractivity (Wildman–Crippen MR) is 126 cm³/mol. The number of halogens is 4. The number of piperidine rings is 1. The van der Waals surface area contributed by atoms with E-state index < -0.39 is 12.1 Å². The summed E-state index contributed by atoms with van der Waals surface area (Å²) in [5.74, 6) is -1.23.